The van der Waals surface area contributed by atoms with E-state index < -0.39 is 10.0 Å². The number of nitrogens with zero attached hydrogens (tertiary/aromatic N) is 3. The molecule has 0 unspecified atom stereocenters. The monoisotopic (exact) mass is 531 g/mol. The molecule has 2 aromatic carbocycles. The lowest BCUT2D eigenvalue weighted by Gasteiger charge is -2.39. The van der Waals surface area contributed by atoms with Crippen LogP contribution in [0.4, 0.5) is 4.39 Å². The fourth-order valence-corrected chi connectivity index (χ4v) is 6.25. The maximum Gasteiger partial charge on any atom is 0.238 e. The summed E-state index contributed by atoms with van der Waals surface area (Å²) >= 11 is 0. The van der Waals surface area contributed by atoms with Crippen LogP contribution in [0.2, 0.25) is 0 Å². The van der Waals surface area contributed by atoms with E-state index in [2.05, 4.69) is 0 Å². The van der Waals surface area contributed by atoms with Crippen LogP contribution in [0.5, 0.6) is 0 Å². The number of benzene rings is 2. The van der Waals surface area contributed by atoms with E-state index in [9.17, 15) is 22.4 Å². The van der Waals surface area contributed by atoms with E-state index >= 15 is 0 Å². The van der Waals surface area contributed by atoms with Crippen molar-refractivity contribution in [3.8, 4) is 0 Å². The smallest absolute Gasteiger partial charge is 0.238 e. The zero-order valence-corrected chi connectivity index (χ0v) is 22.6. The summed E-state index contributed by atoms with van der Waals surface area (Å²) in [6.45, 7) is 5.06. The van der Waals surface area contributed by atoms with Crippen molar-refractivity contribution in [2.24, 2.45) is 0 Å². The molecule has 1 fully saturated rings. The molecule has 1 heterocycles. The number of carbonyl (C=O) groups excluding carboxylic acids is 2. The molecule has 3 rings (SSSR count). The molecule has 1 aliphatic rings. The summed E-state index contributed by atoms with van der Waals surface area (Å²) in [4.78, 5) is 29.9. The molecule has 0 atom stereocenters. The van der Waals surface area contributed by atoms with E-state index in [1.165, 1.54) is 16.4 Å². The highest BCUT2D eigenvalue weighted by atomic mass is 32.2. The highest BCUT2D eigenvalue weighted by Gasteiger charge is 2.32. The van der Waals surface area contributed by atoms with Gasteiger partial charge in [0.2, 0.25) is 21.8 Å². The van der Waals surface area contributed by atoms with Crippen molar-refractivity contribution >= 4 is 21.8 Å². The van der Waals surface area contributed by atoms with Crippen molar-refractivity contribution in [1.29, 1.82) is 0 Å². The van der Waals surface area contributed by atoms with Crippen LogP contribution in [-0.2, 0) is 32.6 Å². The Hall–Kier alpha value is -2.78. The first-order valence-corrected chi connectivity index (χ1v) is 14.7. The van der Waals surface area contributed by atoms with Crippen LogP contribution in [0.3, 0.4) is 0 Å². The predicted octanol–water partition coefficient (Wildman–Crippen LogP) is 3.84. The van der Waals surface area contributed by atoms with Crippen molar-refractivity contribution < 1.29 is 22.4 Å². The minimum absolute atomic E-state index is 0.000155. The van der Waals surface area contributed by atoms with Crippen LogP contribution in [0, 0.1) is 5.82 Å². The number of likely N-dealkylation sites (tertiary alicyclic amines) is 1. The minimum atomic E-state index is -3.54. The van der Waals surface area contributed by atoms with E-state index in [1.54, 1.807) is 24.0 Å². The van der Waals surface area contributed by atoms with Crippen molar-refractivity contribution in [2.45, 2.75) is 58.5 Å². The molecule has 0 saturated carbocycles. The van der Waals surface area contributed by atoms with Crippen molar-refractivity contribution in [3.63, 3.8) is 0 Å². The Morgan fingerprint density at radius 3 is 2.19 bits per heavy atom. The molecular formula is C28H38FN3O4S. The Balaban J connectivity index is 1.72. The number of sulfonamides is 1. The average Bonchev–Trinajstić information content (AvgIpc) is 2.88. The van der Waals surface area contributed by atoms with Gasteiger partial charge in [-0.15, -0.1) is 0 Å². The number of hydrogen-bond acceptors (Lipinski definition) is 4. The molecule has 2 amide bonds. The molecule has 2 aromatic rings. The lowest BCUT2D eigenvalue weighted by atomic mass is 10.0. The maximum absolute atomic E-state index is 13.6. The Kier molecular flexibility index (Phi) is 10.6. The van der Waals surface area contributed by atoms with Gasteiger partial charge >= 0.3 is 0 Å². The number of halogens is 1. The third kappa shape index (κ3) is 8.36. The highest BCUT2D eigenvalue weighted by molar-refractivity contribution is 7.89. The number of piperidine rings is 1. The molecule has 0 aliphatic carbocycles. The van der Waals surface area contributed by atoms with Gasteiger partial charge in [-0.3, -0.25) is 9.59 Å². The minimum Gasteiger partial charge on any atom is -0.342 e. The van der Waals surface area contributed by atoms with E-state index in [4.69, 9.17) is 0 Å². The lowest BCUT2D eigenvalue weighted by Crippen LogP contribution is -2.51. The van der Waals surface area contributed by atoms with Crippen molar-refractivity contribution in [1.82, 2.24) is 14.1 Å². The SMILES string of the molecule is CCCN(CC(=O)N(Cc1ccc(F)cc1)C1CCN(C(=O)Cc2ccccc2)CC1)S(=O)(=O)CCC. The molecule has 1 aliphatic heterocycles. The molecule has 0 radical (unpaired) electrons. The van der Waals surface area contributed by atoms with Gasteiger partial charge in [-0.1, -0.05) is 56.3 Å². The van der Waals surface area contributed by atoms with Crippen molar-refractivity contribution in [3.05, 3.63) is 71.5 Å². The Morgan fingerprint density at radius 2 is 1.59 bits per heavy atom. The fourth-order valence-electron chi connectivity index (χ4n) is 4.71. The van der Waals surface area contributed by atoms with Crippen LogP contribution in [-0.4, -0.2) is 72.3 Å². The largest absolute Gasteiger partial charge is 0.342 e. The Morgan fingerprint density at radius 1 is 0.946 bits per heavy atom. The standard InChI is InChI=1S/C28H38FN3O4S/c1-3-16-31(37(35,36)19-4-2)22-28(34)32(21-24-10-12-25(29)13-11-24)26-14-17-30(18-15-26)27(33)20-23-8-6-5-7-9-23/h5-13,26H,3-4,14-22H2,1-2H3. The summed E-state index contributed by atoms with van der Waals surface area (Å²) < 4.78 is 40.3. The second-order valence-corrected chi connectivity index (χ2v) is 11.7. The van der Waals surface area contributed by atoms with Gasteiger partial charge in [0.15, 0.2) is 0 Å². The topological polar surface area (TPSA) is 78.0 Å². The lowest BCUT2D eigenvalue weighted by molar-refractivity contribution is -0.137. The molecule has 37 heavy (non-hydrogen) atoms. The van der Waals surface area contributed by atoms with E-state index in [0.717, 1.165) is 11.1 Å². The summed E-state index contributed by atoms with van der Waals surface area (Å²) in [5.41, 5.74) is 1.74. The van der Waals surface area contributed by atoms with Crippen LogP contribution in [0.1, 0.15) is 50.7 Å². The molecular weight excluding hydrogens is 493 g/mol. The van der Waals surface area contributed by atoms with Crippen LogP contribution < -0.4 is 0 Å². The van der Waals surface area contributed by atoms with Gasteiger partial charge < -0.3 is 9.80 Å². The van der Waals surface area contributed by atoms with Gasteiger partial charge in [-0.05, 0) is 48.9 Å². The molecule has 0 aromatic heterocycles. The van der Waals surface area contributed by atoms with Crippen LogP contribution >= 0.6 is 0 Å². The molecule has 9 heteroatoms. The second-order valence-electron chi connectivity index (χ2n) is 9.57. The summed E-state index contributed by atoms with van der Waals surface area (Å²) in [5.74, 6) is -0.570. The Bertz CT molecular complexity index is 1120. The quantitative estimate of drug-likeness (QED) is 0.417. The molecule has 0 bridgehead atoms. The summed E-state index contributed by atoms with van der Waals surface area (Å²) in [6.07, 6.45) is 2.62. The maximum atomic E-state index is 13.6. The zero-order chi connectivity index (χ0) is 26.8. The first kappa shape index (κ1) is 28.8. The summed E-state index contributed by atoms with van der Waals surface area (Å²) in [5, 5.41) is 0. The second kappa shape index (κ2) is 13.7. The first-order chi connectivity index (χ1) is 17.7. The number of amides is 2. The normalized spacial score (nSPS) is 14.6. The highest BCUT2D eigenvalue weighted by Crippen LogP contribution is 2.21. The van der Waals surface area contributed by atoms with Gasteiger partial charge in [0.25, 0.3) is 0 Å². The van der Waals surface area contributed by atoms with Gasteiger partial charge in [-0.25, -0.2) is 12.8 Å². The number of carbonyl (C=O) groups is 2. The van der Waals surface area contributed by atoms with Gasteiger partial charge in [0.1, 0.15) is 5.82 Å². The van der Waals surface area contributed by atoms with Gasteiger partial charge in [0.05, 0.1) is 18.7 Å². The summed E-state index contributed by atoms with van der Waals surface area (Å²) in [6, 6.07) is 15.5. The molecule has 7 nitrogen and oxygen atoms in total. The average molecular weight is 532 g/mol. The number of rotatable bonds is 12. The third-order valence-corrected chi connectivity index (χ3v) is 8.71. The summed E-state index contributed by atoms with van der Waals surface area (Å²) in [7, 11) is -3.54. The molecule has 202 valence electrons. The fraction of sp³-hybridized carbons (Fsp3) is 0.500. The molecule has 0 N–H and O–H groups in total. The van der Waals surface area contributed by atoms with Gasteiger partial charge in [0, 0.05) is 32.2 Å². The molecule has 1 saturated heterocycles. The molecule has 0 spiro atoms. The zero-order valence-electron chi connectivity index (χ0n) is 21.8. The van der Waals surface area contributed by atoms with E-state index in [0.29, 0.717) is 45.2 Å². The van der Waals surface area contributed by atoms with Crippen molar-refractivity contribution in [2.75, 3.05) is 31.9 Å². The van der Waals surface area contributed by atoms with E-state index in [1.807, 2.05) is 42.2 Å². The van der Waals surface area contributed by atoms with Gasteiger partial charge in [-0.2, -0.15) is 4.31 Å². The number of hydrogen-bond donors (Lipinski definition) is 0. The van der Waals surface area contributed by atoms with Crippen LogP contribution in [0.25, 0.3) is 0 Å². The first-order valence-electron chi connectivity index (χ1n) is 13.1. The van der Waals surface area contributed by atoms with Crippen LogP contribution in [0.15, 0.2) is 54.6 Å². The third-order valence-electron chi connectivity index (χ3n) is 6.68. The Labute approximate surface area is 220 Å². The predicted molar refractivity (Wildman–Crippen MR) is 143 cm³/mol. The van der Waals surface area contributed by atoms with E-state index in [-0.39, 0.29) is 49.1 Å².